The molecule has 2 aromatic carbocycles. The predicted octanol–water partition coefficient (Wildman–Crippen LogP) is 1.05. The first-order valence-corrected chi connectivity index (χ1v) is 9.34. The molecule has 4 aromatic rings. The number of hydrogen-bond acceptors (Lipinski definition) is 7. The van der Waals surface area contributed by atoms with Gasteiger partial charge < -0.3 is 34.9 Å². The quantitative estimate of drug-likeness (QED) is 0.350. The van der Waals surface area contributed by atoms with Crippen molar-refractivity contribution in [3.8, 4) is 5.75 Å². The molecule has 0 bridgehead atoms. The fourth-order valence-corrected chi connectivity index (χ4v) is 3.80. The van der Waals surface area contributed by atoms with E-state index in [9.17, 15) is 20.4 Å². The molecule has 1 aliphatic heterocycles. The summed E-state index contributed by atoms with van der Waals surface area (Å²) in [5.74, 6) is 0.397. The molecule has 0 spiro atoms. The van der Waals surface area contributed by atoms with Crippen molar-refractivity contribution in [3.63, 3.8) is 0 Å². The molecule has 1 fully saturated rings. The lowest BCUT2D eigenvalue weighted by atomic mass is 9.99. The number of benzene rings is 2. The summed E-state index contributed by atoms with van der Waals surface area (Å²) in [5, 5.41) is 41.4. The molecule has 0 aliphatic carbocycles. The lowest BCUT2D eigenvalue weighted by molar-refractivity contribution is -0.277. The highest BCUT2D eigenvalue weighted by Crippen LogP contribution is 2.34. The minimum Gasteiger partial charge on any atom is -0.460 e. The fraction of sp³-hybridized carbons (Fsp3) is 0.286. The Kier molecular flexibility index (Phi) is 4.38. The molecular formula is C21H20N2O6. The Balaban J connectivity index is 1.57. The summed E-state index contributed by atoms with van der Waals surface area (Å²) in [6, 6.07) is 15.2. The summed E-state index contributed by atoms with van der Waals surface area (Å²) in [5.41, 5.74) is 3.17. The summed E-state index contributed by atoms with van der Waals surface area (Å²) in [6.07, 6.45) is -6.70. The summed E-state index contributed by atoms with van der Waals surface area (Å²) in [6.45, 7) is -0.516. The number of nitrogens with one attached hydrogen (secondary N) is 1. The molecule has 150 valence electrons. The van der Waals surface area contributed by atoms with E-state index in [-0.39, 0.29) is 0 Å². The van der Waals surface area contributed by atoms with Gasteiger partial charge in [0.05, 0.1) is 28.7 Å². The van der Waals surface area contributed by atoms with Gasteiger partial charge in [-0.05, 0) is 18.2 Å². The first-order valence-electron chi connectivity index (χ1n) is 9.34. The highest BCUT2D eigenvalue weighted by Gasteiger charge is 2.44. The van der Waals surface area contributed by atoms with Gasteiger partial charge in [0.1, 0.15) is 30.2 Å². The molecule has 8 nitrogen and oxygen atoms in total. The lowest BCUT2D eigenvalue weighted by Crippen LogP contribution is -2.60. The molecule has 2 aromatic heterocycles. The van der Waals surface area contributed by atoms with E-state index >= 15 is 0 Å². The highest BCUT2D eigenvalue weighted by atomic mass is 16.7. The summed E-state index contributed by atoms with van der Waals surface area (Å²) in [4.78, 5) is 8.04. The molecule has 5 rings (SSSR count). The first-order chi connectivity index (χ1) is 14.1. The van der Waals surface area contributed by atoms with E-state index in [0.29, 0.717) is 11.3 Å². The van der Waals surface area contributed by atoms with E-state index in [2.05, 4.69) is 4.98 Å². The Hall–Kier alpha value is -2.75. The van der Waals surface area contributed by atoms with Gasteiger partial charge in [-0.1, -0.05) is 30.3 Å². The van der Waals surface area contributed by atoms with Crippen LogP contribution in [0, 0.1) is 0 Å². The van der Waals surface area contributed by atoms with E-state index in [4.69, 9.17) is 14.5 Å². The van der Waals surface area contributed by atoms with Crippen LogP contribution in [0.2, 0.25) is 0 Å². The fourth-order valence-electron chi connectivity index (χ4n) is 3.80. The highest BCUT2D eigenvalue weighted by molar-refractivity contribution is 6.09. The third kappa shape index (κ3) is 2.93. The normalized spacial score (nSPS) is 27.7. The number of aromatic amines is 1. The predicted molar refractivity (Wildman–Crippen MR) is 106 cm³/mol. The van der Waals surface area contributed by atoms with Gasteiger partial charge >= 0.3 is 0 Å². The zero-order valence-corrected chi connectivity index (χ0v) is 15.3. The van der Waals surface area contributed by atoms with Crippen molar-refractivity contribution in [3.05, 3.63) is 48.5 Å². The Labute approximate surface area is 164 Å². The average molecular weight is 396 g/mol. The van der Waals surface area contributed by atoms with Crippen molar-refractivity contribution in [2.24, 2.45) is 0 Å². The van der Waals surface area contributed by atoms with Gasteiger partial charge in [-0.3, -0.25) is 0 Å². The number of fused-ring (bicyclic) bond motifs is 4. The van der Waals surface area contributed by atoms with E-state index in [1.165, 1.54) is 0 Å². The monoisotopic (exact) mass is 396 g/mol. The van der Waals surface area contributed by atoms with Crippen molar-refractivity contribution in [1.29, 1.82) is 0 Å². The Morgan fingerprint density at radius 1 is 1.00 bits per heavy atom. The topological polar surface area (TPSA) is 128 Å². The molecular weight excluding hydrogens is 376 g/mol. The molecule has 0 saturated carbocycles. The van der Waals surface area contributed by atoms with Crippen molar-refractivity contribution >= 4 is 32.8 Å². The molecule has 8 heteroatoms. The Morgan fingerprint density at radius 2 is 1.83 bits per heavy atom. The van der Waals surface area contributed by atoms with Crippen LogP contribution in [0.5, 0.6) is 5.75 Å². The minimum atomic E-state index is -1.50. The molecule has 5 atom stereocenters. The van der Waals surface area contributed by atoms with Gasteiger partial charge in [0.25, 0.3) is 0 Å². The number of nitrogens with zero attached hydrogens (tertiary/aromatic N) is 1. The van der Waals surface area contributed by atoms with Crippen LogP contribution in [-0.2, 0) is 4.74 Å². The van der Waals surface area contributed by atoms with Crippen LogP contribution < -0.4 is 4.74 Å². The van der Waals surface area contributed by atoms with Crippen LogP contribution >= 0.6 is 0 Å². The number of para-hydroxylation sites is 2. The minimum absolute atomic E-state index is 0.397. The molecule has 0 amide bonds. The summed E-state index contributed by atoms with van der Waals surface area (Å²) in [7, 11) is 0. The second-order valence-corrected chi connectivity index (χ2v) is 7.20. The summed E-state index contributed by atoms with van der Waals surface area (Å²) >= 11 is 0. The number of ether oxygens (including phenoxy) is 2. The van der Waals surface area contributed by atoms with Crippen molar-refractivity contribution in [2.45, 2.75) is 30.7 Å². The molecule has 3 heterocycles. The van der Waals surface area contributed by atoms with Crippen LogP contribution in [0.25, 0.3) is 32.8 Å². The third-order valence-corrected chi connectivity index (χ3v) is 5.36. The standard InChI is InChI=1S/C21H20N2O6/c24-9-15-18(25)19(26)20(27)21(29-15)28-14-7-3-5-11-16-13(23-17(11)14)8-10-4-1-2-6-12(10)22-16/h1-8,15,18-21,23-27H,9H2. The molecule has 5 unspecified atom stereocenters. The number of aliphatic hydroxyl groups excluding tert-OH is 4. The van der Waals surface area contributed by atoms with Crippen LogP contribution in [-0.4, -0.2) is 67.7 Å². The van der Waals surface area contributed by atoms with Crippen LogP contribution in [0.3, 0.4) is 0 Å². The maximum atomic E-state index is 10.3. The molecule has 1 saturated heterocycles. The second-order valence-electron chi connectivity index (χ2n) is 7.20. The van der Waals surface area contributed by atoms with Crippen LogP contribution in [0.1, 0.15) is 0 Å². The molecule has 5 N–H and O–H groups in total. The maximum Gasteiger partial charge on any atom is 0.229 e. The Morgan fingerprint density at radius 3 is 2.66 bits per heavy atom. The molecule has 29 heavy (non-hydrogen) atoms. The van der Waals surface area contributed by atoms with Gasteiger partial charge in [-0.2, -0.15) is 0 Å². The number of aromatic nitrogens is 2. The smallest absolute Gasteiger partial charge is 0.229 e. The van der Waals surface area contributed by atoms with E-state index in [0.717, 1.165) is 27.3 Å². The maximum absolute atomic E-state index is 10.3. The van der Waals surface area contributed by atoms with Gasteiger partial charge in [-0.25, -0.2) is 4.98 Å². The van der Waals surface area contributed by atoms with Gasteiger partial charge in [0.2, 0.25) is 6.29 Å². The van der Waals surface area contributed by atoms with E-state index < -0.39 is 37.3 Å². The number of pyridine rings is 1. The number of rotatable bonds is 3. The van der Waals surface area contributed by atoms with Gasteiger partial charge in [0, 0.05) is 10.8 Å². The third-order valence-electron chi connectivity index (χ3n) is 5.36. The van der Waals surface area contributed by atoms with Crippen molar-refractivity contribution in [2.75, 3.05) is 6.61 Å². The second kappa shape index (κ2) is 6.94. The van der Waals surface area contributed by atoms with Crippen molar-refractivity contribution < 1.29 is 29.9 Å². The van der Waals surface area contributed by atoms with Crippen molar-refractivity contribution in [1.82, 2.24) is 9.97 Å². The SMILES string of the molecule is OCC1OC(Oc2cccc3c2[nH]c2cc4ccccc4nc23)C(O)C(O)C1O. The van der Waals surface area contributed by atoms with E-state index in [1.807, 2.05) is 36.4 Å². The zero-order valence-electron chi connectivity index (χ0n) is 15.3. The number of H-pyrrole nitrogens is 1. The first kappa shape index (κ1) is 18.3. The zero-order chi connectivity index (χ0) is 20.1. The molecule has 1 aliphatic rings. The van der Waals surface area contributed by atoms with E-state index in [1.54, 1.807) is 12.1 Å². The number of hydrogen-bond donors (Lipinski definition) is 5. The van der Waals surface area contributed by atoms with Gasteiger partial charge in [-0.15, -0.1) is 0 Å². The van der Waals surface area contributed by atoms with Crippen LogP contribution in [0.4, 0.5) is 0 Å². The summed E-state index contributed by atoms with van der Waals surface area (Å²) < 4.78 is 11.3. The lowest BCUT2D eigenvalue weighted by Gasteiger charge is -2.39. The largest absolute Gasteiger partial charge is 0.460 e. The average Bonchev–Trinajstić information content (AvgIpc) is 3.11. The number of aliphatic hydroxyl groups is 4. The Bertz CT molecular complexity index is 1190. The van der Waals surface area contributed by atoms with Gasteiger partial charge in [0.15, 0.2) is 0 Å². The van der Waals surface area contributed by atoms with Crippen LogP contribution in [0.15, 0.2) is 48.5 Å². The molecule has 0 radical (unpaired) electrons.